The van der Waals surface area contributed by atoms with E-state index >= 15 is 0 Å². The van der Waals surface area contributed by atoms with Gasteiger partial charge in [-0.3, -0.25) is 0 Å². The molecule has 27 heavy (non-hydrogen) atoms. The zero-order chi connectivity index (χ0) is 19.2. The van der Waals surface area contributed by atoms with Crippen molar-refractivity contribution in [1.82, 2.24) is 10.2 Å². The number of rotatable bonds is 8. The predicted octanol–water partition coefficient (Wildman–Crippen LogP) is 4.15. The Labute approximate surface area is 158 Å². The van der Waals surface area contributed by atoms with E-state index in [2.05, 4.69) is 15.5 Å². The predicted molar refractivity (Wildman–Crippen MR) is 102 cm³/mol. The molecule has 0 bridgehead atoms. The first-order valence-corrected chi connectivity index (χ1v) is 8.64. The number of ether oxygens (including phenoxy) is 3. The van der Waals surface area contributed by atoms with Crippen LogP contribution in [0.4, 0.5) is 5.69 Å². The quantitative estimate of drug-likeness (QED) is 0.639. The lowest BCUT2D eigenvalue weighted by molar-refractivity contribution is 0.242. The second-order valence-electron chi connectivity index (χ2n) is 6.12. The van der Waals surface area contributed by atoms with Gasteiger partial charge in [0.05, 0.1) is 26.9 Å². The maximum absolute atomic E-state index is 5.74. The van der Waals surface area contributed by atoms with Crippen molar-refractivity contribution in [2.75, 3.05) is 19.5 Å². The third-order valence-corrected chi connectivity index (χ3v) is 3.77. The van der Waals surface area contributed by atoms with E-state index in [0.717, 1.165) is 17.0 Å². The second kappa shape index (κ2) is 8.44. The van der Waals surface area contributed by atoms with Gasteiger partial charge in [-0.2, -0.15) is 0 Å². The Morgan fingerprint density at radius 2 is 1.70 bits per heavy atom. The SMILES string of the molecule is COc1ccc(-c2nnc(CNc3ccc(OC(C)C)cc3)o2)cc1OC. The van der Waals surface area contributed by atoms with Gasteiger partial charge in [0.1, 0.15) is 5.75 Å². The first-order valence-electron chi connectivity index (χ1n) is 8.64. The largest absolute Gasteiger partial charge is 0.493 e. The number of nitrogens with one attached hydrogen (secondary N) is 1. The summed E-state index contributed by atoms with van der Waals surface area (Å²) in [4.78, 5) is 0. The van der Waals surface area contributed by atoms with Crippen LogP contribution in [0.3, 0.4) is 0 Å². The van der Waals surface area contributed by atoms with Gasteiger partial charge in [0.2, 0.25) is 11.8 Å². The molecule has 2 aromatic carbocycles. The Kier molecular flexibility index (Phi) is 5.80. The molecular formula is C20H23N3O4. The fraction of sp³-hybridized carbons (Fsp3) is 0.300. The Morgan fingerprint density at radius 1 is 0.963 bits per heavy atom. The van der Waals surface area contributed by atoms with Gasteiger partial charge < -0.3 is 23.9 Å². The highest BCUT2D eigenvalue weighted by Crippen LogP contribution is 2.31. The van der Waals surface area contributed by atoms with Crippen molar-refractivity contribution in [1.29, 1.82) is 0 Å². The number of aromatic nitrogens is 2. The van der Waals surface area contributed by atoms with Gasteiger partial charge in [-0.25, -0.2) is 0 Å². The number of hydrogen-bond acceptors (Lipinski definition) is 7. The van der Waals surface area contributed by atoms with Crippen LogP contribution in [0, 0.1) is 0 Å². The minimum Gasteiger partial charge on any atom is -0.493 e. The van der Waals surface area contributed by atoms with E-state index in [1.165, 1.54) is 0 Å². The molecule has 1 N–H and O–H groups in total. The molecule has 0 unspecified atom stereocenters. The van der Waals surface area contributed by atoms with Crippen LogP contribution >= 0.6 is 0 Å². The number of benzene rings is 2. The summed E-state index contributed by atoms with van der Waals surface area (Å²) in [5.41, 5.74) is 1.71. The normalized spacial score (nSPS) is 10.7. The first kappa shape index (κ1) is 18.6. The number of hydrogen-bond donors (Lipinski definition) is 1. The Morgan fingerprint density at radius 3 is 2.37 bits per heavy atom. The Hall–Kier alpha value is -3.22. The maximum atomic E-state index is 5.74. The third-order valence-electron chi connectivity index (χ3n) is 3.77. The van der Waals surface area contributed by atoms with Crippen molar-refractivity contribution < 1.29 is 18.6 Å². The van der Waals surface area contributed by atoms with Gasteiger partial charge in [-0.1, -0.05) is 0 Å². The van der Waals surface area contributed by atoms with Gasteiger partial charge in [0.15, 0.2) is 11.5 Å². The van der Waals surface area contributed by atoms with E-state index in [0.29, 0.717) is 29.8 Å². The average molecular weight is 369 g/mol. The fourth-order valence-electron chi connectivity index (χ4n) is 2.51. The molecule has 1 heterocycles. The molecule has 0 atom stereocenters. The minimum atomic E-state index is 0.150. The van der Waals surface area contributed by atoms with Gasteiger partial charge in [0.25, 0.3) is 0 Å². The molecule has 0 saturated heterocycles. The molecule has 0 amide bonds. The highest BCUT2D eigenvalue weighted by Gasteiger charge is 2.12. The van der Waals surface area contributed by atoms with Crippen LogP contribution in [0.15, 0.2) is 46.9 Å². The molecule has 0 aliphatic rings. The molecule has 7 heteroatoms. The molecule has 142 valence electrons. The summed E-state index contributed by atoms with van der Waals surface area (Å²) in [5, 5.41) is 11.4. The fourth-order valence-corrected chi connectivity index (χ4v) is 2.51. The average Bonchev–Trinajstić information content (AvgIpc) is 3.15. The molecule has 0 aliphatic heterocycles. The summed E-state index contributed by atoms with van der Waals surface area (Å²) < 4.78 is 21.9. The van der Waals surface area contributed by atoms with Gasteiger partial charge in [-0.15, -0.1) is 10.2 Å². The summed E-state index contributed by atoms with van der Waals surface area (Å²) >= 11 is 0. The van der Waals surface area contributed by atoms with Crippen LogP contribution in [-0.4, -0.2) is 30.5 Å². The first-order chi connectivity index (χ1) is 13.1. The lowest BCUT2D eigenvalue weighted by Crippen LogP contribution is -2.05. The van der Waals surface area contributed by atoms with Gasteiger partial charge >= 0.3 is 0 Å². The van der Waals surface area contributed by atoms with E-state index < -0.39 is 0 Å². The number of nitrogens with zero attached hydrogens (tertiary/aromatic N) is 2. The molecule has 3 rings (SSSR count). The summed E-state index contributed by atoms with van der Waals surface area (Å²) in [6.07, 6.45) is 0.150. The third kappa shape index (κ3) is 4.69. The van der Waals surface area contributed by atoms with E-state index in [4.69, 9.17) is 18.6 Å². The van der Waals surface area contributed by atoms with Crippen LogP contribution in [0.5, 0.6) is 17.2 Å². The maximum Gasteiger partial charge on any atom is 0.247 e. The highest BCUT2D eigenvalue weighted by molar-refractivity contribution is 5.59. The van der Waals surface area contributed by atoms with Crippen LogP contribution in [0.1, 0.15) is 19.7 Å². The van der Waals surface area contributed by atoms with E-state index in [1.54, 1.807) is 26.4 Å². The lowest BCUT2D eigenvalue weighted by Gasteiger charge is -2.10. The van der Waals surface area contributed by atoms with Crippen LogP contribution in [0.2, 0.25) is 0 Å². The standard InChI is InChI=1S/C20H23N3O4/c1-13(2)26-16-8-6-15(7-9-16)21-12-19-22-23-20(27-19)14-5-10-17(24-3)18(11-14)25-4/h5-11,13,21H,12H2,1-4H3. The Bertz CT molecular complexity index is 875. The molecule has 0 aliphatic carbocycles. The zero-order valence-corrected chi connectivity index (χ0v) is 15.9. The summed E-state index contributed by atoms with van der Waals surface area (Å²) in [6, 6.07) is 13.2. The summed E-state index contributed by atoms with van der Waals surface area (Å²) in [5.74, 6) is 3.00. The van der Waals surface area contributed by atoms with Gasteiger partial charge in [-0.05, 0) is 56.3 Å². The number of anilines is 1. The van der Waals surface area contributed by atoms with Crippen molar-refractivity contribution in [3.63, 3.8) is 0 Å². The van der Waals surface area contributed by atoms with Crippen molar-refractivity contribution >= 4 is 5.69 Å². The number of methoxy groups -OCH3 is 2. The molecule has 0 fully saturated rings. The molecule has 0 saturated carbocycles. The van der Waals surface area contributed by atoms with E-state index in [9.17, 15) is 0 Å². The van der Waals surface area contributed by atoms with Crippen LogP contribution in [-0.2, 0) is 6.54 Å². The smallest absolute Gasteiger partial charge is 0.247 e. The van der Waals surface area contributed by atoms with Crippen molar-refractivity contribution in [2.45, 2.75) is 26.5 Å². The molecule has 1 aromatic heterocycles. The van der Waals surface area contributed by atoms with E-state index in [-0.39, 0.29) is 6.10 Å². The Balaban J connectivity index is 1.64. The lowest BCUT2D eigenvalue weighted by atomic mass is 10.2. The van der Waals surface area contributed by atoms with E-state index in [1.807, 2.05) is 44.2 Å². The van der Waals surface area contributed by atoms with Crippen molar-refractivity contribution in [3.8, 4) is 28.7 Å². The monoisotopic (exact) mass is 369 g/mol. The van der Waals surface area contributed by atoms with Crippen molar-refractivity contribution in [3.05, 3.63) is 48.4 Å². The molecule has 0 radical (unpaired) electrons. The minimum absolute atomic E-state index is 0.150. The highest BCUT2D eigenvalue weighted by atomic mass is 16.5. The molecular weight excluding hydrogens is 346 g/mol. The van der Waals surface area contributed by atoms with Crippen LogP contribution < -0.4 is 19.5 Å². The summed E-state index contributed by atoms with van der Waals surface area (Å²) in [6.45, 7) is 4.42. The zero-order valence-electron chi connectivity index (χ0n) is 15.9. The summed E-state index contributed by atoms with van der Waals surface area (Å²) in [7, 11) is 3.18. The molecule has 0 spiro atoms. The molecule has 3 aromatic rings. The second-order valence-corrected chi connectivity index (χ2v) is 6.12. The van der Waals surface area contributed by atoms with Gasteiger partial charge in [0, 0.05) is 11.3 Å². The van der Waals surface area contributed by atoms with Crippen LogP contribution in [0.25, 0.3) is 11.5 Å². The molecule has 7 nitrogen and oxygen atoms in total. The van der Waals surface area contributed by atoms with Crippen molar-refractivity contribution in [2.24, 2.45) is 0 Å². The topological polar surface area (TPSA) is 78.6 Å².